The number of rotatable bonds is 7. The van der Waals surface area contributed by atoms with Gasteiger partial charge in [-0.3, -0.25) is 0 Å². The molecule has 118 valence electrons. The SMILES string of the molecule is Cc1ccc(Nc2nccc(NCCCN(C)C)n2)c(C)c1. The van der Waals surface area contributed by atoms with Gasteiger partial charge in [-0.1, -0.05) is 17.7 Å². The maximum Gasteiger partial charge on any atom is 0.229 e. The van der Waals surface area contributed by atoms with Crippen molar-refractivity contribution in [3.8, 4) is 0 Å². The van der Waals surface area contributed by atoms with Gasteiger partial charge in [0.2, 0.25) is 5.95 Å². The molecule has 0 aliphatic carbocycles. The molecule has 5 heteroatoms. The molecular weight excluding hydrogens is 274 g/mol. The lowest BCUT2D eigenvalue weighted by Gasteiger charge is -2.12. The standard InChI is InChI=1S/C17H25N5/c1-13-6-7-15(14(2)12-13)20-17-19-10-8-16(21-17)18-9-5-11-22(3)4/h6-8,10,12H,5,9,11H2,1-4H3,(H2,18,19,20,21). The molecule has 0 unspecified atom stereocenters. The second kappa shape index (κ2) is 7.75. The van der Waals surface area contributed by atoms with E-state index in [0.717, 1.165) is 31.0 Å². The van der Waals surface area contributed by atoms with E-state index < -0.39 is 0 Å². The summed E-state index contributed by atoms with van der Waals surface area (Å²) in [6, 6.07) is 8.18. The summed E-state index contributed by atoms with van der Waals surface area (Å²) in [6.07, 6.45) is 2.85. The maximum absolute atomic E-state index is 4.50. The number of nitrogens with one attached hydrogen (secondary N) is 2. The molecule has 1 heterocycles. The van der Waals surface area contributed by atoms with Gasteiger partial charge in [-0.2, -0.15) is 4.98 Å². The van der Waals surface area contributed by atoms with E-state index in [9.17, 15) is 0 Å². The zero-order valence-corrected chi connectivity index (χ0v) is 13.8. The molecule has 5 nitrogen and oxygen atoms in total. The summed E-state index contributed by atoms with van der Waals surface area (Å²) in [4.78, 5) is 11.0. The van der Waals surface area contributed by atoms with Crippen LogP contribution in [0.15, 0.2) is 30.5 Å². The molecule has 2 N–H and O–H groups in total. The van der Waals surface area contributed by atoms with Crippen molar-refractivity contribution < 1.29 is 0 Å². The van der Waals surface area contributed by atoms with Crippen LogP contribution in [-0.2, 0) is 0 Å². The van der Waals surface area contributed by atoms with Crippen molar-refractivity contribution in [2.24, 2.45) is 0 Å². The van der Waals surface area contributed by atoms with Crippen LogP contribution in [0, 0.1) is 13.8 Å². The molecule has 0 atom stereocenters. The molecule has 0 amide bonds. The van der Waals surface area contributed by atoms with Gasteiger partial charge in [0.1, 0.15) is 5.82 Å². The average Bonchev–Trinajstić information content (AvgIpc) is 2.47. The van der Waals surface area contributed by atoms with Crippen molar-refractivity contribution in [1.29, 1.82) is 0 Å². The third kappa shape index (κ3) is 5.00. The summed E-state index contributed by atoms with van der Waals surface area (Å²) < 4.78 is 0. The summed E-state index contributed by atoms with van der Waals surface area (Å²) in [7, 11) is 4.16. The Morgan fingerprint density at radius 2 is 1.95 bits per heavy atom. The summed E-state index contributed by atoms with van der Waals surface area (Å²) in [5.74, 6) is 1.46. The molecule has 0 aliphatic heterocycles. The van der Waals surface area contributed by atoms with Gasteiger partial charge in [0, 0.05) is 18.4 Å². The van der Waals surface area contributed by atoms with Crippen LogP contribution in [0.5, 0.6) is 0 Å². The Morgan fingerprint density at radius 1 is 1.14 bits per heavy atom. The second-order valence-corrected chi connectivity index (χ2v) is 5.79. The maximum atomic E-state index is 4.50. The molecule has 2 rings (SSSR count). The minimum absolute atomic E-state index is 0.615. The Labute approximate surface area is 132 Å². The fourth-order valence-corrected chi connectivity index (χ4v) is 2.20. The van der Waals surface area contributed by atoms with Crippen molar-refractivity contribution >= 4 is 17.5 Å². The van der Waals surface area contributed by atoms with Gasteiger partial charge >= 0.3 is 0 Å². The zero-order chi connectivity index (χ0) is 15.9. The van der Waals surface area contributed by atoms with E-state index in [4.69, 9.17) is 0 Å². The molecule has 0 aliphatic rings. The molecule has 0 spiro atoms. The first-order valence-corrected chi connectivity index (χ1v) is 7.60. The van der Waals surface area contributed by atoms with Crippen LogP contribution >= 0.6 is 0 Å². The fraction of sp³-hybridized carbons (Fsp3) is 0.412. The lowest BCUT2D eigenvalue weighted by atomic mass is 10.1. The Kier molecular flexibility index (Phi) is 5.72. The van der Waals surface area contributed by atoms with Crippen LogP contribution in [0.1, 0.15) is 17.5 Å². The van der Waals surface area contributed by atoms with Gasteiger partial charge in [0.25, 0.3) is 0 Å². The zero-order valence-electron chi connectivity index (χ0n) is 13.8. The number of nitrogens with zero attached hydrogens (tertiary/aromatic N) is 3. The minimum atomic E-state index is 0.615. The summed E-state index contributed by atoms with van der Waals surface area (Å²) in [5.41, 5.74) is 3.48. The van der Waals surface area contributed by atoms with E-state index >= 15 is 0 Å². The molecule has 0 radical (unpaired) electrons. The van der Waals surface area contributed by atoms with Gasteiger partial charge in [-0.05, 0) is 58.6 Å². The number of aryl methyl sites for hydroxylation is 2. The van der Waals surface area contributed by atoms with Crippen LogP contribution < -0.4 is 10.6 Å². The molecule has 0 saturated carbocycles. The third-order valence-electron chi connectivity index (χ3n) is 3.37. The van der Waals surface area contributed by atoms with E-state index in [1.54, 1.807) is 6.20 Å². The van der Waals surface area contributed by atoms with E-state index in [0.29, 0.717) is 5.95 Å². The number of aromatic nitrogens is 2. The van der Waals surface area contributed by atoms with Crippen LogP contribution in [0.2, 0.25) is 0 Å². The summed E-state index contributed by atoms with van der Waals surface area (Å²) >= 11 is 0. The smallest absolute Gasteiger partial charge is 0.229 e. The average molecular weight is 299 g/mol. The lowest BCUT2D eigenvalue weighted by Crippen LogP contribution is -2.16. The van der Waals surface area contributed by atoms with Gasteiger partial charge in [-0.15, -0.1) is 0 Å². The molecule has 0 saturated heterocycles. The van der Waals surface area contributed by atoms with Gasteiger partial charge in [0.15, 0.2) is 0 Å². The van der Waals surface area contributed by atoms with Crippen molar-refractivity contribution in [3.63, 3.8) is 0 Å². The van der Waals surface area contributed by atoms with Crippen molar-refractivity contribution in [2.45, 2.75) is 20.3 Å². The molecule has 1 aromatic heterocycles. The van der Waals surface area contributed by atoms with Crippen LogP contribution in [0.3, 0.4) is 0 Å². The summed E-state index contributed by atoms with van der Waals surface area (Å²) in [5, 5.41) is 6.61. The highest BCUT2D eigenvalue weighted by molar-refractivity contribution is 5.59. The Morgan fingerprint density at radius 3 is 2.68 bits per heavy atom. The number of hydrogen-bond donors (Lipinski definition) is 2. The quantitative estimate of drug-likeness (QED) is 0.769. The summed E-state index contributed by atoms with van der Waals surface area (Å²) in [6.45, 7) is 6.13. The van der Waals surface area contributed by atoms with Gasteiger partial charge in [0.05, 0.1) is 0 Å². The first-order chi connectivity index (χ1) is 10.5. The lowest BCUT2D eigenvalue weighted by molar-refractivity contribution is 0.405. The second-order valence-electron chi connectivity index (χ2n) is 5.79. The molecule has 0 bridgehead atoms. The van der Waals surface area contributed by atoms with Gasteiger partial charge < -0.3 is 15.5 Å². The fourth-order valence-electron chi connectivity index (χ4n) is 2.20. The Hall–Kier alpha value is -2.14. The van der Waals surface area contributed by atoms with Crippen LogP contribution in [-0.4, -0.2) is 42.1 Å². The van der Waals surface area contributed by atoms with E-state index in [-0.39, 0.29) is 0 Å². The van der Waals surface area contributed by atoms with Crippen LogP contribution in [0.4, 0.5) is 17.5 Å². The van der Waals surface area contributed by atoms with Gasteiger partial charge in [-0.25, -0.2) is 4.98 Å². The first-order valence-electron chi connectivity index (χ1n) is 7.60. The highest BCUT2D eigenvalue weighted by Crippen LogP contribution is 2.19. The van der Waals surface area contributed by atoms with Crippen LogP contribution in [0.25, 0.3) is 0 Å². The third-order valence-corrected chi connectivity index (χ3v) is 3.37. The monoisotopic (exact) mass is 299 g/mol. The van der Waals surface area contributed by atoms with E-state index in [1.165, 1.54) is 11.1 Å². The minimum Gasteiger partial charge on any atom is -0.370 e. The number of hydrogen-bond acceptors (Lipinski definition) is 5. The predicted molar refractivity (Wildman–Crippen MR) is 92.9 cm³/mol. The topological polar surface area (TPSA) is 53.1 Å². The molecular formula is C17H25N5. The first kappa shape index (κ1) is 16.2. The van der Waals surface area contributed by atoms with Crippen molar-refractivity contribution in [1.82, 2.24) is 14.9 Å². The largest absolute Gasteiger partial charge is 0.370 e. The Balaban J connectivity index is 1.96. The van der Waals surface area contributed by atoms with Crippen molar-refractivity contribution in [3.05, 3.63) is 41.6 Å². The molecule has 1 aromatic carbocycles. The molecule has 22 heavy (non-hydrogen) atoms. The predicted octanol–water partition coefficient (Wildman–Crippen LogP) is 3.20. The number of anilines is 3. The molecule has 0 fully saturated rings. The highest BCUT2D eigenvalue weighted by Gasteiger charge is 2.03. The number of benzene rings is 1. The Bertz CT molecular complexity index is 610. The highest BCUT2D eigenvalue weighted by atomic mass is 15.1. The molecule has 2 aromatic rings. The van der Waals surface area contributed by atoms with E-state index in [1.807, 2.05) is 6.07 Å². The van der Waals surface area contributed by atoms with Crippen molar-refractivity contribution in [2.75, 3.05) is 37.8 Å². The van der Waals surface area contributed by atoms with E-state index in [2.05, 4.69) is 71.6 Å². The normalized spacial score (nSPS) is 10.8.